The van der Waals surface area contributed by atoms with E-state index in [0.717, 1.165) is 18.8 Å². The first-order valence-electron chi connectivity index (χ1n) is 12.8. The van der Waals surface area contributed by atoms with Crippen LogP contribution in [0.5, 0.6) is 5.75 Å². The molecule has 2 aromatic rings. The summed E-state index contributed by atoms with van der Waals surface area (Å²) in [6.07, 6.45) is 1.97. The van der Waals surface area contributed by atoms with Gasteiger partial charge in [-0.05, 0) is 44.4 Å². The summed E-state index contributed by atoms with van der Waals surface area (Å²) in [6.45, 7) is 4.91. The number of alkyl halides is 3. The monoisotopic (exact) mass is 591 g/mol. The Balaban J connectivity index is 0.00000134. The Kier molecular flexibility index (Phi) is 10.4. The molecule has 0 radical (unpaired) electrons. The molecule has 2 aliphatic carbocycles. The molecule has 216 valence electrons. The molecular weight excluding hydrogens is 559 g/mol. The van der Waals surface area contributed by atoms with Crippen LogP contribution in [0.4, 0.5) is 19.0 Å². The van der Waals surface area contributed by atoms with Crippen LogP contribution in [-0.2, 0) is 18.1 Å². The van der Waals surface area contributed by atoms with Gasteiger partial charge >= 0.3 is 17.7 Å². The van der Waals surface area contributed by atoms with E-state index in [-0.39, 0.29) is 41.8 Å². The van der Waals surface area contributed by atoms with Crippen LogP contribution in [-0.4, -0.2) is 55.5 Å². The van der Waals surface area contributed by atoms with E-state index in [1.165, 1.54) is 32.2 Å². The molecular formula is C25H33ClF3N5O4S. The van der Waals surface area contributed by atoms with Crippen molar-refractivity contribution in [2.24, 2.45) is 17.3 Å². The number of aromatic nitrogens is 3. The van der Waals surface area contributed by atoms with Crippen LogP contribution in [0, 0.1) is 17.3 Å². The largest absolute Gasteiger partial charge is 0.496 e. The van der Waals surface area contributed by atoms with Gasteiger partial charge in [-0.25, -0.2) is 4.98 Å². The normalized spacial score (nSPS) is 19.9. The van der Waals surface area contributed by atoms with E-state index >= 15 is 0 Å². The summed E-state index contributed by atoms with van der Waals surface area (Å²) in [4.78, 5) is 17.2. The highest BCUT2D eigenvalue weighted by Gasteiger charge is 2.62. The standard InChI is InChI=1S/C25H33ClF3N5O2.O2S/c1-4-34-22(20(26)21(33-34)23(35)31-12-16-7-5-15(2)6-8-16)17-13-30-19(11-18(17)36-3)32-14-24(9-10-24)25(27,28)29;1-3-2/h11,13,15-16H,4-10,12,14H2,1-3H3,(H,30,32)(H,31,35);. The van der Waals surface area contributed by atoms with E-state index in [1.807, 2.05) is 6.92 Å². The summed E-state index contributed by atoms with van der Waals surface area (Å²) in [5.74, 6) is 1.49. The molecule has 2 aromatic heterocycles. The summed E-state index contributed by atoms with van der Waals surface area (Å²) in [6, 6.07) is 1.54. The Labute approximate surface area is 233 Å². The third kappa shape index (κ3) is 7.30. The van der Waals surface area contributed by atoms with Crippen molar-refractivity contribution in [2.75, 3.05) is 25.5 Å². The van der Waals surface area contributed by atoms with Crippen LogP contribution < -0.4 is 15.4 Å². The predicted molar refractivity (Wildman–Crippen MR) is 141 cm³/mol. The molecule has 2 aliphatic rings. The van der Waals surface area contributed by atoms with Crippen molar-refractivity contribution in [2.45, 2.75) is 65.1 Å². The van der Waals surface area contributed by atoms with Crippen molar-refractivity contribution < 1.29 is 31.1 Å². The van der Waals surface area contributed by atoms with Crippen LogP contribution in [0.1, 0.15) is 62.9 Å². The molecule has 0 aromatic carbocycles. The molecule has 2 heterocycles. The molecule has 4 rings (SSSR count). The number of methoxy groups -OCH3 is 1. The molecule has 0 unspecified atom stereocenters. The lowest BCUT2D eigenvalue weighted by Gasteiger charge is -2.26. The zero-order valence-corrected chi connectivity index (χ0v) is 23.6. The minimum absolute atomic E-state index is 0.106. The van der Waals surface area contributed by atoms with Gasteiger partial charge in [0.25, 0.3) is 5.91 Å². The van der Waals surface area contributed by atoms with Crippen molar-refractivity contribution in [3.63, 3.8) is 0 Å². The fourth-order valence-electron chi connectivity index (χ4n) is 4.78. The average molecular weight is 592 g/mol. The van der Waals surface area contributed by atoms with Crippen LogP contribution in [0.2, 0.25) is 5.02 Å². The van der Waals surface area contributed by atoms with Gasteiger partial charge in [-0.1, -0.05) is 31.4 Å². The SMILES string of the molecule is CCn1nc(C(=O)NCC2CCC(C)CC2)c(Cl)c1-c1cnc(NCC2(C(F)(F)F)CC2)cc1OC.O=S=O. The van der Waals surface area contributed by atoms with Gasteiger partial charge in [0, 0.05) is 31.9 Å². The number of amides is 1. The first kappa shape index (κ1) is 30.9. The van der Waals surface area contributed by atoms with Crippen LogP contribution >= 0.6 is 11.6 Å². The number of rotatable bonds is 9. The van der Waals surface area contributed by atoms with Gasteiger partial charge in [0.1, 0.15) is 11.6 Å². The molecule has 1 amide bonds. The van der Waals surface area contributed by atoms with Gasteiger partial charge in [-0.3, -0.25) is 9.48 Å². The van der Waals surface area contributed by atoms with Crippen molar-refractivity contribution in [1.82, 2.24) is 20.1 Å². The number of nitrogens with zero attached hydrogens (tertiary/aromatic N) is 3. The van der Waals surface area contributed by atoms with Crippen LogP contribution in [0.25, 0.3) is 11.3 Å². The summed E-state index contributed by atoms with van der Waals surface area (Å²) in [5, 5.41) is 10.4. The molecule has 0 aliphatic heterocycles. The Morgan fingerprint density at radius 2 is 1.90 bits per heavy atom. The van der Waals surface area contributed by atoms with E-state index in [0.29, 0.717) is 36.0 Å². The third-order valence-corrected chi connectivity index (χ3v) is 7.86. The molecule has 39 heavy (non-hydrogen) atoms. The molecule has 0 spiro atoms. The number of aryl methyl sites for hydroxylation is 1. The maximum atomic E-state index is 13.3. The zero-order chi connectivity index (χ0) is 28.8. The number of carbonyl (C=O) groups excluding carboxylic acids is 1. The number of halogens is 4. The minimum atomic E-state index is -4.25. The number of hydrogen-bond donors (Lipinski definition) is 2. The van der Waals surface area contributed by atoms with Crippen molar-refractivity contribution >= 4 is 34.9 Å². The topological polar surface area (TPSA) is 115 Å². The molecule has 0 atom stereocenters. The minimum Gasteiger partial charge on any atom is -0.496 e. The molecule has 14 heteroatoms. The summed E-state index contributed by atoms with van der Waals surface area (Å²) < 4.78 is 63.5. The lowest BCUT2D eigenvalue weighted by atomic mass is 9.83. The lowest BCUT2D eigenvalue weighted by molar-refractivity contribution is -0.182. The molecule has 2 saturated carbocycles. The lowest BCUT2D eigenvalue weighted by Crippen LogP contribution is -2.31. The first-order chi connectivity index (χ1) is 18.5. The second-order valence-corrected chi connectivity index (χ2v) is 10.6. The number of hydrogen-bond acceptors (Lipinski definition) is 7. The van der Waals surface area contributed by atoms with E-state index in [9.17, 15) is 18.0 Å². The van der Waals surface area contributed by atoms with E-state index in [4.69, 9.17) is 24.8 Å². The Bertz CT molecular complexity index is 1190. The highest BCUT2D eigenvalue weighted by atomic mass is 35.5. The fraction of sp³-hybridized carbons (Fsp3) is 0.640. The highest BCUT2D eigenvalue weighted by molar-refractivity contribution is 7.51. The maximum absolute atomic E-state index is 13.3. The second-order valence-electron chi connectivity index (χ2n) is 10.1. The number of carbonyl (C=O) groups is 1. The summed E-state index contributed by atoms with van der Waals surface area (Å²) in [5.41, 5.74) is -0.591. The molecule has 0 bridgehead atoms. The van der Waals surface area contributed by atoms with E-state index in [2.05, 4.69) is 27.6 Å². The van der Waals surface area contributed by atoms with Crippen molar-refractivity contribution in [1.29, 1.82) is 0 Å². The number of nitrogens with one attached hydrogen (secondary N) is 2. The smallest absolute Gasteiger partial charge is 0.396 e. The van der Waals surface area contributed by atoms with Crippen molar-refractivity contribution in [3.05, 3.63) is 23.0 Å². The van der Waals surface area contributed by atoms with Gasteiger partial charge in [0.05, 0.1) is 28.8 Å². The highest BCUT2D eigenvalue weighted by Crippen LogP contribution is 2.57. The fourth-order valence-corrected chi connectivity index (χ4v) is 5.10. The molecule has 2 N–H and O–H groups in total. The van der Waals surface area contributed by atoms with Crippen LogP contribution in [0.15, 0.2) is 12.3 Å². The summed E-state index contributed by atoms with van der Waals surface area (Å²) >= 11 is 5.91. The Morgan fingerprint density at radius 3 is 2.44 bits per heavy atom. The quantitative estimate of drug-likeness (QED) is 0.408. The maximum Gasteiger partial charge on any atom is 0.396 e. The molecule has 2 fully saturated rings. The Morgan fingerprint density at radius 1 is 1.26 bits per heavy atom. The van der Waals surface area contributed by atoms with Crippen LogP contribution in [0.3, 0.4) is 0 Å². The number of anilines is 1. The average Bonchev–Trinajstić information content (AvgIpc) is 3.64. The van der Waals surface area contributed by atoms with Crippen molar-refractivity contribution in [3.8, 4) is 17.0 Å². The van der Waals surface area contributed by atoms with Gasteiger partial charge in [0.15, 0.2) is 5.69 Å². The van der Waals surface area contributed by atoms with E-state index < -0.39 is 23.2 Å². The number of pyridine rings is 1. The zero-order valence-electron chi connectivity index (χ0n) is 22.1. The molecule has 9 nitrogen and oxygen atoms in total. The molecule has 0 saturated heterocycles. The van der Waals surface area contributed by atoms with Gasteiger partial charge < -0.3 is 15.4 Å². The summed E-state index contributed by atoms with van der Waals surface area (Å²) in [7, 11) is 1.46. The third-order valence-electron chi connectivity index (χ3n) is 7.50. The van der Waals surface area contributed by atoms with Gasteiger partial charge in [-0.15, -0.1) is 0 Å². The van der Waals surface area contributed by atoms with Gasteiger partial charge in [0.2, 0.25) is 0 Å². The van der Waals surface area contributed by atoms with Gasteiger partial charge in [-0.2, -0.15) is 26.7 Å². The number of ether oxygens (including phenoxy) is 1. The predicted octanol–water partition coefficient (Wildman–Crippen LogP) is 5.27. The van der Waals surface area contributed by atoms with E-state index in [1.54, 1.807) is 4.68 Å². The second kappa shape index (κ2) is 13.1. The first-order valence-corrected chi connectivity index (χ1v) is 13.9. The Hall–Kier alpha value is -2.67.